The van der Waals surface area contributed by atoms with Gasteiger partial charge in [-0.05, 0) is 0 Å². The SMILES string of the molecule is COC1C(=O)N2CC(COC(C)=O)(C(=O)O)CS[C@H]12. The van der Waals surface area contributed by atoms with Crippen molar-refractivity contribution in [1.82, 2.24) is 4.90 Å². The molecule has 2 unspecified atom stereocenters. The largest absolute Gasteiger partial charge is 0.481 e. The van der Waals surface area contributed by atoms with E-state index in [0.29, 0.717) is 0 Å². The van der Waals surface area contributed by atoms with Gasteiger partial charge in [0.1, 0.15) is 17.4 Å². The van der Waals surface area contributed by atoms with Gasteiger partial charge in [0.05, 0.1) is 0 Å². The number of carbonyl (C=O) groups excluding carboxylic acids is 2. The molecule has 0 radical (unpaired) electrons. The normalized spacial score (nSPS) is 33.4. The van der Waals surface area contributed by atoms with Gasteiger partial charge in [-0.15, -0.1) is 11.8 Å². The number of ether oxygens (including phenoxy) is 2. The van der Waals surface area contributed by atoms with E-state index in [0.717, 1.165) is 0 Å². The molecule has 106 valence electrons. The van der Waals surface area contributed by atoms with Crippen molar-refractivity contribution in [2.24, 2.45) is 5.41 Å². The van der Waals surface area contributed by atoms with Gasteiger partial charge in [-0.25, -0.2) is 0 Å². The van der Waals surface area contributed by atoms with Crippen LogP contribution in [0.3, 0.4) is 0 Å². The first-order valence-corrected chi connectivity index (χ1v) is 6.78. The second kappa shape index (κ2) is 5.01. The summed E-state index contributed by atoms with van der Waals surface area (Å²) in [4.78, 5) is 35.5. The molecule has 0 aromatic rings. The van der Waals surface area contributed by atoms with Crippen molar-refractivity contribution < 1.29 is 29.0 Å². The number of methoxy groups -OCH3 is 1. The Morgan fingerprint density at radius 1 is 1.58 bits per heavy atom. The maximum absolute atomic E-state index is 11.8. The Kier molecular flexibility index (Phi) is 3.73. The molecule has 0 bridgehead atoms. The summed E-state index contributed by atoms with van der Waals surface area (Å²) < 4.78 is 9.89. The number of amides is 1. The highest BCUT2D eigenvalue weighted by molar-refractivity contribution is 8.00. The zero-order valence-corrected chi connectivity index (χ0v) is 11.4. The summed E-state index contributed by atoms with van der Waals surface area (Å²) in [6, 6.07) is 0. The van der Waals surface area contributed by atoms with Crippen molar-refractivity contribution in [2.45, 2.75) is 18.4 Å². The van der Waals surface area contributed by atoms with Crippen LogP contribution in [0.4, 0.5) is 0 Å². The third kappa shape index (κ3) is 2.30. The van der Waals surface area contributed by atoms with Crippen molar-refractivity contribution in [2.75, 3.05) is 26.0 Å². The van der Waals surface area contributed by atoms with E-state index in [1.807, 2.05) is 0 Å². The molecule has 7 nitrogen and oxygen atoms in total. The highest BCUT2D eigenvalue weighted by Crippen LogP contribution is 2.43. The van der Waals surface area contributed by atoms with E-state index in [-0.39, 0.29) is 30.2 Å². The van der Waals surface area contributed by atoms with Crippen LogP contribution in [0.1, 0.15) is 6.92 Å². The minimum atomic E-state index is -1.23. The number of hydrogen-bond acceptors (Lipinski definition) is 6. The first-order valence-electron chi connectivity index (χ1n) is 5.73. The molecule has 0 saturated carbocycles. The average molecular weight is 289 g/mol. The fourth-order valence-corrected chi connectivity index (χ4v) is 3.74. The van der Waals surface area contributed by atoms with Crippen LogP contribution in [-0.4, -0.2) is 65.3 Å². The van der Waals surface area contributed by atoms with E-state index in [4.69, 9.17) is 9.47 Å². The molecule has 2 rings (SSSR count). The number of hydrogen-bond donors (Lipinski definition) is 1. The van der Waals surface area contributed by atoms with Crippen LogP contribution in [-0.2, 0) is 23.9 Å². The summed E-state index contributed by atoms with van der Waals surface area (Å²) in [5, 5.41) is 9.23. The van der Waals surface area contributed by atoms with E-state index in [1.54, 1.807) is 0 Å². The maximum atomic E-state index is 11.8. The van der Waals surface area contributed by atoms with Gasteiger partial charge >= 0.3 is 11.9 Å². The molecule has 0 aliphatic carbocycles. The lowest BCUT2D eigenvalue weighted by Gasteiger charge is -2.52. The van der Waals surface area contributed by atoms with Crippen LogP contribution in [0.5, 0.6) is 0 Å². The molecule has 8 heteroatoms. The monoisotopic (exact) mass is 289 g/mol. The number of carboxylic acids is 1. The van der Waals surface area contributed by atoms with Gasteiger partial charge in [-0.3, -0.25) is 14.4 Å². The summed E-state index contributed by atoms with van der Waals surface area (Å²) in [7, 11) is 1.46. The number of carboxylic acid groups (broad SMARTS) is 1. The summed E-state index contributed by atoms with van der Waals surface area (Å²) in [5.41, 5.74) is -1.23. The van der Waals surface area contributed by atoms with Crippen LogP contribution in [0.15, 0.2) is 0 Å². The van der Waals surface area contributed by atoms with Crippen molar-refractivity contribution in [3.63, 3.8) is 0 Å². The summed E-state index contributed by atoms with van der Waals surface area (Å²) in [6.45, 7) is 1.05. The molecule has 19 heavy (non-hydrogen) atoms. The first-order chi connectivity index (χ1) is 8.91. The lowest BCUT2D eigenvalue weighted by atomic mass is 9.88. The van der Waals surface area contributed by atoms with Crippen LogP contribution in [0.25, 0.3) is 0 Å². The molecule has 3 atom stereocenters. The number of thioether (sulfide) groups is 1. The zero-order valence-electron chi connectivity index (χ0n) is 10.6. The Labute approximate surface area is 114 Å². The molecule has 0 spiro atoms. The van der Waals surface area contributed by atoms with E-state index in [9.17, 15) is 19.5 Å². The van der Waals surface area contributed by atoms with Crippen molar-refractivity contribution in [3.05, 3.63) is 0 Å². The number of esters is 1. The standard InChI is InChI=1S/C11H15NO6S/c1-6(13)18-4-11(10(15)16)3-12-8(14)7(17-2)9(12)19-5-11/h7,9H,3-5H2,1-2H3,(H,15,16)/t7?,9-,11?/m1/s1. The fourth-order valence-electron chi connectivity index (χ4n) is 2.19. The van der Waals surface area contributed by atoms with Gasteiger partial charge in [0.2, 0.25) is 0 Å². The van der Waals surface area contributed by atoms with Crippen molar-refractivity contribution >= 4 is 29.6 Å². The van der Waals surface area contributed by atoms with Gasteiger partial charge in [0.15, 0.2) is 6.10 Å². The number of β-lactam (4-membered cyclic amide) rings is 1. The molecule has 2 aliphatic rings. The number of rotatable bonds is 4. The summed E-state index contributed by atoms with van der Waals surface area (Å²) in [6.07, 6.45) is -0.495. The molecular formula is C11H15NO6S. The van der Waals surface area contributed by atoms with Gasteiger partial charge in [0.25, 0.3) is 5.91 Å². The molecular weight excluding hydrogens is 274 g/mol. The van der Waals surface area contributed by atoms with Crippen LogP contribution in [0, 0.1) is 5.41 Å². The van der Waals surface area contributed by atoms with Crippen molar-refractivity contribution in [1.29, 1.82) is 0 Å². The quantitative estimate of drug-likeness (QED) is 0.553. The van der Waals surface area contributed by atoms with E-state index in [2.05, 4.69) is 0 Å². The maximum Gasteiger partial charge on any atom is 0.315 e. The average Bonchev–Trinajstić information content (AvgIpc) is 2.36. The topological polar surface area (TPSA) is 93.1 Å². The molecule has 2 heterocycles. The van der Waals surface area contributed by atoms with E-state index < -0.39 is 23.5 Å². The molecule has 0 aromatic heterocycles. The molecule has 2 fully saturated rings. The van der Waals surface area contributed by atoms with Gasteiger partial charge < -0.3 is 19.5 Å². The zero-order chi connectivity index (χ0) is 14.2. The molecule has 2 saturated heterocycles. The minimum absolute atomic E-state index is 0.0476. The third-order valence-corrected chi connectivity index (χ3v) is 4.92. The van der Waals surface area contributed by atoms with Crippen molar-refractivity contribution in [3.8, 4) is 0 Å². The predicted octanol–water partition coefficient (Wildman–Crippen LogP) is -0.449. The highest BCUT2D eigenvalue weighted by Gasteiger charge is 2.57. The second-order valence-corrected chi connectivity index (χ2v) is 5.79. The molecule has 1 N–H and O–H groups in total. The van der Waals surface area contributed by atoms with Crippen LogP contribution in [0.2, 0.25) is 0 Å². The van der Waals surface area contributed by atoms with Crippen LogP contribution < -0.4 is 0 Å². The molecule has 2 aliphatic heterocycles. The van der Waals surface area contributed by atoms with Gasteiger partial charge in [0, 0.05) is 26.3 Å². The Balaban J connectivity index is 2.09. The predicted molar refractivity (Wildman–Crippen MR) is 65.5 cm³/mol. The lowest BCUT2D eigenvalue weighted by molar-refractivity contribution is -0.173. The van der Waals surface area contributed by atoms with Gasteiger partial charge in [-0.1, -0.05) is 0 Å². The molecule has 0 aromatic carbocycles. The smallest absolute Gasteiger partial charge is 0.315 e. The number of nitrogens with zero attached hydrogens (tertiary/aromatic N) is 1. The second-order valence-electron chi connectivity index (χ2n) is 4.69. The highest BCUT2D eigenvalue weighted by atomic mass is 32.2. The number of carbonyl (C=O) groups is 3. The summed E-state index contributed by atoms with van der Waals surface area (Å²) >= 11 is 1.34. The van der Waals surface area contributed by atoms with Gasteiger partial charge in [-0.2, -0.15) is 0 Å². The molecule has 1 amide bonds. The summed E-state index contributed by atoms with van der Waals surface area (Å²) in [5.74, 6) is -1.52. The number of fused-ring (bicyclic) bond motifs is 1. The minimum Gasteiger partial charge on any atom is -0.481 e. The van der Waals surface area contributed by atoms with Crippen LogP contribution >= 0.6 is 11.8 Å². The Morgan fingerprint density at radius 2 is 2.26 bits per heavy atom. The Hall–Kier alpha value is -1.28. The third-order valence-electron chi connectivity index (χ3n) is 3.36. The first kappa shape index (κ1) is 14.1. The van der Waals surface area contributed by atoms with E-state index in [1.165, 1.54) is 30.7 Å². The number of aliphatic carboxylic acids is 1. The fraction of sp³-hybridized carbons (Fsp3) is 0.727. The lowest BCUT2D eigenvalue weighted by Crippen LogP contribution is -2.70. The Morgan fingerprint density at radius 3 is 2.79 bits per heavy atom. The van der Waals surface area contributed by atoms with E-state index >= 15 is 0 Å². The Bertz CT molecular complexity index is 427.